The van der Waals surface area contributed by atoms with Crippen molar-refractivity contribution in [3.05, 3.63) is 30.3 Å². The quantitative estimate of drug-likeness (QED) is 0.740. The fraction of sp³-hybridized carbons (Fsp3) is 0.364. The van der Waals surface area contributed by atoms with Crippen LogP contribution in [-0.2, 0) is 19.4 Å². The number of rotatable bonds is 3. The zero-order valence-electron chi connectivity index (χ0n) is 8.79. The lowest BCUT2D eigenvalue weighted by Crippen LogP contribution is -2.14. The van der Waals surface area contributed by atoms with Crippen molar-refractivity contribution < 1.29 is 17.9 Å². The highest BCUT2D eigenvalue weighted by molar-refractivity contribution is 7.92. The van der Waals surface area contributed by atoms with Crippen LogP contribution < -0.4 is 0 Å². The number of carbonyl (C=O) groups excluding carboxylic acids is 1. The standard InChI is InChI=1S/C11H12O4S/c1-15-11(12)9-7-10(9)16(13,14)8-5-3-2-4-6-8/h2-6,9-10H,7H2,1H3/t9-,10+/m1/s1. The summed E-state index contributed by atoms with van der Waals surface area (Å²) in [6.45, 7) is 0. The first-order valence-corrected chi connectivity index (χ1v) is 6.49. The minimum Gasteiger partial charge on any atom is -0.469 e. The molecule has 1 aliphatic rings. The summed E-state index contributed by atoms with van der Waals surface area (Å²) in [5.41, 5.74) is 0. The van der Waals surface area contributed by atoms with E-state index in [4.69, 9.17) is 0 Å². The predicted molar refractivity (Wildman–Crippen MR) is 57.5 cm³/mol. The monoisotopic (exact) mass is 240 g/mol. The van der Waals surface area contributed by atoms with Crippen molar-refractivity contribution in [3.63, 3.8) is 0 Å². The average Bonchev–Trinajstić information content (AvgIpc) is 3.10. The van der Waals surface area contributed by atoms with Gasteiger partial charge in [-0.3, -0.25) is 4.79 Å². The molecule has 0 radical (unpaired) electrons. The summed E-state index contributed by atoms with van der Waals surface area (Å²) in [7, 11) is -2.10. The van der Waals surface area contributed by atoms with Crippen LogP contribution in [0.2, 0.25) is 0 Å². The van der Waals surface area contributed by atoms with Crippen LogP contribution in [0.25, 0.3) is 0 Å². The molecule has 86 valence electrons. The van der Waals surface area contributed by atoms with Gasteiger partial charge in [-0.15, -0.1) is 0 Å². The van der Waals surface area contributed by atoms with Crippen LogP contribution in [0.5, 0.6) is 0 Å². The first kappa shape index (κ1) is 11.1. The third-order valence-electron chi connectivity index (χ3n) is 2.71. The number of carbonyl (C=O) groups is 1. The van der Waals surface area contributed by atoms with Crippen molar-refractivity contribution >= 4 is 15.8 Å². The maximum absolute atomic E-state index is 12.0. The zero-order valence-corrected chi connectivity index (χ0v) is 9.61. The third kappa shape index (κ3) is 1.82. The second kappa shape index (κ2) is 3.90. The number of esters is 1. The number of benzene rings is 1. The summed E-state index contributed by atoms with van der Waals surface area (Å²) in [6, 6.07) is 8.18. The zero-order chi connectivity index (χ0) is 11.8. The molecule has 1 aliphatic carbocycles. The van der Waals surface area contributed by atoms with Crippen molar-refractivity contribution in [2.45, 2.75) is 16.6 Å². The van der Waals surface area contributed by atoms with E-state index in [-0.39, 0.29) is 4.90 Å². The topological polar surface area (TPSA) is 60.4 Å². The minimum atomic E-state index is -3.37. The second-order valence-corrected chi connectivity index (χ2v) is 5.93. The Labute approximate surface area is 94.2 Å². The molecule has 0 spiro atoms. The van der Waals surface area contributed by atoms with E-state index in [2.05, 4.69) is 4.74 Å². The summed E-state index contributed by atoms with van der Waals surface area (Å²) < 4.78 is 28.6. The van der Waals surface area contributed by atoms with Crippen molar-refractivity contribution in [3.8, 4) is 0 Å². The van der Waals surface area contributed by atoms with Gasteiger partial charge >= 0.3 is 5.97 Å². The van der Waals surface area contributed by atoms with Gasteiger partial charge in [-0.05, 0) is 18.6 Å². The SMILES string of the molecule is COC(=O)[C@@H]1C[C@@H]1S(=O)(=O)c1ccccc1. The molecule has 0 saturated heterocycles. The Balaban J connectivity index is 2.21. The minimum absolute atomic E-state index is 0.270. The van der Waals surface area contributed by atoms with Gasteiger partial charge in [0.25, 0.3) is 0 Å². The Hall–Kier alpha value is -1.36. The molecule has 0 aromatic heterocycles. The summed E-state index contributed by atoms with van der Waals surface area (Å²) in [5.74, 6) is -0.931. The molecule has 2 atom stereocenters. The highest BCUT2D eigenvalue weighted by Gasteiger charge is 2.52. The van der Waals surface area contributed by atoms with E-state index in [1.807, 2.05) is 0 Å². The van der Waals surface area contributed by atoms with Gasteiger partial charge in [-0.25, -0.2) is 8.42 Å². The van der Waals surface area contributed by atoms with Crippen molar-refractivity contribution in [2.75, 3.05) is 7.11 Å². The largest absolute Gasteiger partial charge is 0.469 e. The van der Waals surface area contributed by atoms with Crippen LogP contribution in [-0.4, -0.2) is 26.7 Å². The lowest BCUT2D eigenvalue weighted by molar-refractivity contribution is -0.142. The highest BCUT2D eigenvalue weighted by atomic mass is 32.2. The van der Waals surface area contributed by atoms with E-state index in [0.29, 0.717) is 6.42 Å². The molecule has 0 amide bonds. The second-order valence-electron chi connectivity index (χ2n) is 3.76. The van der Waals surface area contributed by atoms with Gasteiger partial charge < -0.3 is 4.74 Å². The molecule has 0 unspecified atom stereocenters. The summed E-state index contributed by atoms with van der Waals surface area (Å²) in [4.78, 5) is 11.4. The molecule has 0 N–H and O–H groups in total. The third-order valence-corrected chi connectivity index (χ3v) is 4.95. The van der Waals surface area contributed by atoms with Gasteiger partial charge in [0, 0.05) is 0 Å². The van der Waals surface area contributed by atoms with Crippen LogP contribution in [0.4, 0.5) is 0 Å². The first-order chi connectivity index (χ1) is 7.57. The molecule has 0 aliphatic heterocycles. The van der Waals surface area contributed by atoms with Crippen LogP contribution in [0.1, 0.15) is 6.42 Å². The smallest absolute Gasteiger partial charge is 0.310 e. The molecule has 5 heteroatoms. The van der Waals surface area contributed by atoms with E-state index in [0.717, 1.165) is 0 Å². The van der Waals surface area contributed by atoms with E-state index < -0.39 is 27.0 Å². The van der Waals surface area contributed by atoms with Gasteiger partial charge in [0.2, 0.25) is 0 Å². The number of sulfone groups is 1. The number of methoxy groups -OCH3 is 1. The Morgan fingerprint density at radius 1 is 1.31 bits per heavy atom. The van der Waals surface area contributed by atoms with Gasteiger partial charge in [0.1, 0.15) is 0 Å². The molecule has 0 heterocycles. The first-order valence-electron chi connectivity index (χ1n) is 4.94. The van der Waals surface area contributed by atoms with Crippen molar-refractivity contribution in [1.29, 1.82) is 0 Å². The summed E-state index contributed by atoms with van der Waals surface area (Å²) in [5, 5.41) is -0.609. The lowest BCUT2D eigenvalue weighted by Gasteiger charge is -2.02. The van der Waals surface area contributed by atoms with Crippen molar-refractivity contribution in [1.82, 2.24) is 0 Å². The van der Waals surface area contributed by atoms with Gasteiger partial charge in [0.05, 0.1) is 23.2 Å². The van der Waals surface area contributed by atoms with Crippen molar-refractivity contribution in [2.24, 2.45) is 5.92 Å². The van der Waals surface area contributed by atoms with Gasteiger partial charge in [-0.2, -0.15) is 0 Å². The van der Waals surface area contributed by atoms with Crippen LogP contribution in [0, 0.1) is 5.92 Å². The number of ether oxygens (including phenoxy) is 1. The van der Waals surface area contributed by atoms with Gasteiger partial charge in [-0.1, -0.05) is 18.2 Å². The molecule has 1 aromatic rings. The fourth-order valence-electron chi connectivity index (χ4n) is 1.70. The average molecular weight is 240 g/mol. The molecule has 1 saturated carbocycles. The highest BCUT2D eigenvalue weighted by Crippen LogP contribution is 2.41. The molecule has 4 nitrogen and oxygen atoms in total. The van der Waals surface area contributed by atoms with E-state index >= 15 is 0 Å². The maximum atomic E-state index is 12.0. The maximum Gasteiger partial charge on any atom is 0.310 e. The Morgan fingerprint density at radius 3 is 2.50 bits per heavy atom. The molecular weight excluding hydrogens is 228 g/mol. The summed E-state index contributed by atoms with van der Waals surface area (Å²) in [6.07, 6.45) is 0.365. The molecular formula is C11H12O4S. The predicted octanol–water partition coefficient (Wildman–Crippen LogP) is 1.02. The molecule has 1 fully saturated rings. The molecule has 2 rings (SSSR count). The van der Waals surface area contributed by atoms with Crippen LogP contribution >= 0.6 is 0 Å². The van der Waals surface area contributed by atoms with Crippen LogP contribution in [0.15, 0.2) is 35.2 Å². The Kier molecular flexibility index (Phi) is 2.71. The Morgan fingerprint density at radius 2 is 1.94 bits per heavy atom. The number of hydrogen-bond donors (Lipinski definition) is 0. The van der Waals surface area contributed by atoms with E-state index in [1.165, 1.54) is 7.11 Å². The summed E-state index contributed by atoms with van der Waals surface area (Å²) >= 11 is 0. The molecule has 16 heavy (non-hydrogen) atoms. The molecule has 1 aromatic carbocycles. The normalized spacial score (nSPS) is 23.8. The number of hydrogen-bond acceptors (Lipinski definition) is 4. The Bertz CT molecular complexity index is 492. The fourth-order valence-corrected chi connectivity index (χ4v) is 3.59. The van der Waals surface area contributed by atoms with E-state index in [1.54, 1.807) is 30.3 Å². The van der Waals surface area contributed by atoms with Crippen LogP contribution in [0.3, 0.4) is 0 Å². The molecule has 0 bridgehead atoms. The van der Waals surface area contributed by atoms with Gasteiger partial charge in [0.15, 0.2) is 9.84 Å². The van der Waals surface area contributed by atoms with E-state index in [9.17, 15) is 13.2 Å². The lowest BCUT2D eigenvalue weighted by atomic mass is 10.4.